The first-order valence-corrected chi connectivity index (χ1v) is 7.81. The molecule has 21 heavy (non-hydrogen) atoms. The van der Waals surface area contributed by atoms with Gasteiger partial charge in [-0.1, -0.05) is 26.0 Å². The highest BCUT2D eigenvalue weighted by molar-refractivity contribution is 5.83. The van der Waals surface area contributed by atoms with Crippen molar-refractivity contribution in [1.29, 1.82) is 0 Å². The van der Waals surface area contributed by atoms with Gasteiger partial charge in [-0.3, -0.25) is 0 Å². The van der Waals surface area contributed by atoms with Gasteiger partial charge < -0.3 is 14.5 Å². The van der Waals surface area contributed by atoms with Gasteiger partial charge >= 0.3 is 0 Å². The molecule has 2 unspecified atom stereocenters. The lowest BCUT2D eigenvalue weighted by Crippen LogP contribution is -2.29. The van der Waals surface area contributed by atoms with Crippen LogP contribution in [0.4, 0.5) is 0 Å². The van der Waals surface area contributed by atoms with E-state index in [0.29, 0.717) is 11.5 Å². The van der Waals surface area contributed by atoms with Crippen molar-refractivity contribution in [2.45, 2.75) is 52.1 Å². The van der Waals surface area contributed by atoms with Crippen molar-refractivity contribution in [2.24, 2.45) is 5.41 Å². The van der Waals surface area contributed by atoms with Crippen molar-refractivity contribution in [1.82, 2.24) is 5.32 Å². The van der Waals surface area contributed by atoms with E-state index in [1.54, 1.807) is 7.11 Å². The zero-order valence-electron chi connectivity index (χ0n) is 13.4. The van der Waals surface area contributed by atoms with Crippen molar-refractivity contribution in [3.63, 3.8) is 0 Å². The highest BCUT2D eigenvalue weighted by atomic mass is 16.5. The van der Waals surface area contributed by atoms with Crippen molar-refractivity contribution in [3.8, 4) is 5.75 Å². The second-order valence-corrected chi connectivity index (χ2v) is 7.02. The maximum atomic E-state index is 6.03. The lowest BCUT2D eigenvalue weighted by Gasteiger charge is -2.20. The molecule has 3 nitrogen and oxygen atoms in total. The molecule has 1 heterocycles. The first kappa shape index (κ1) is 14.5. The maximum Gasteiger partial charge on any atom is 0.176 e. The molecule has 2 atom stereocenters. The van der Waals surface area contributed by atoms with E-state index in [-0.39, 0.29) is 6.04 Å². The Hall–Kier alpha value is -1.48. The molecule has 0 aliphatic heterocycles. The average Bonchev–Trinajstić information content (AvgIpc) is 3.01. The average molecular weight is 287 g/mol. The molecule has 0 radical (unpaired) electrons. The molecule has 1 fully saturated rings. The molecule has 2 aromatic rings. The molecule has 0 saturated heterocycles. The van der Waals surface area contributed by atoms with Gasteiger partial charge in [-0.05, 0) is 43.7 Å². The lowest BCUT2D eigenvalue weighted by molar-refractivity contribution is 0.344. The van der Waals surface area contributed by atoms with E-state index < -0.39 is 0 Å². The number of hydrogen-bond acceptors (Lipinski definition) is 3. The van der Waals surface area contributed by atoms with Gasteiger partial charge in [0, 0.05) is 11.4 Å². The highest BCUT2D eigenvalue weighted by Gasteiger charge is 2.31. The van der Waals surface area contributed by atoms with E-state index in [1.807, 2.05) is 12.1 Å². The van der Waals surface area contributed by atoms with E-state index in [2.05, 4.69) is 38.2 Å². The Labute approximate surface area is 126 Å². The van der Waals surface area contributed by atoms with Crippen LogP contribution in [0.15, 0.2) is 28.7 Å². The molecule has 3 rings (SSSR count). The van der Waals surface area contributed by atoms with Crippen molar-refractivity contribution < 1.29 is 9.15 Å². The van der Waals surface area contributed by atoms with Crippen LogP contribution in [0.3, 0.4) is 0 Å². The molecule has 0 spiro atoms. The Kier molecular flexibility index (Phi) is 3.70. The third-order valence-electron chi connectivity index (χ3n) is 4.63. The standard InChI is InChI=1S/C18H25NO2/c1-12(19-14-8-9-18(2,3)11-14)16-10-13-6-5-7-15(20-4)17(13)21-16/h5-7,10,12,14,19H,8-9,11H2,1-4H3. The summed E-state index contributed by atoms with van der Waals surface area (Å²) in [7, 11) is 1.68. The number of ether oxygens (including phenoxy) is 1. The predicted octanol–water partition coefficient (Wildman–Crippen LogP) is 4.67. The second-order valence-electron chi connectivity index (χ2n) is 7.02. The summed E-state index contributed by atoms with van der Waals surface area (Å²) in [6.45, 7) is 6.88. The first-order valence-electron chi connectivity index (χ1n) is 7.81. The number of fused-ring (bicyclic) bond motifs is 1. The normalized spacial score (nSPS) is 22.6. The van der Waals surface area contributed by atoms with Crippen LogP contribution in [0.1, 0.15) is 51.8 Å². The number of rotatable bonds is 4. The van der Waals surface area contributed by atoms with Crippen molar-refractivity contribution in [2.75, 3.05) is 7.11 Å². The van der Waals surface area contributed by atoms with E-state index in [9.17, 15) is 0 Å². The lowest BCUT2D eigenvalue weighted by atomic mass is 9.92. The van der Waals surface area contributed by atoms with E-state index >= 15 is 0 Å². The van der Waals surface area contributed by atoms with Gasteiger partial charge in [0.1, 0.15) is 5.76 Å². The molecule has 1 saturated carbocycles. The van der Waals surface area contributed by atoms with Gasteiger partial charge in [0.2, 0.25) is 0 Å². The zero-order valence-corrected chi connectivity index (χ0v) is 13.4. The highest BCUT2D eigenvalue weighted by Crippen LogP contribution is 2.38. The van der Waals surface area contributed by atoms with E-state index in [0.717, 1.165) is 22.5 Å². The number of nitrogens with one attached hydrogen (secondary N) is 1. The SMILES string of the molecule is COc1cccc2cc(C(C)NC3CCC(C)(C)C3)oc12. The van der Waals surface area contributed by atoms with Crippen molar-refractivity contribution >= 4 is 11.0 Å². The van der Waals surface area contributed by atoms with Gasteiger partial charge in [-0.25, -0.2) is 0 Å². The number of furan rings is 1. The summed E-state index contributed by atoms with van der Waals surface area (Å²) in [5.41, 5.74) is 1.31. The molecule has 0 bridgehead atoms. The van der Waals surface area contributed by atoms with Gasteiger partial charge in [0.25, 0.3) is 0 Å². The summed E-state index contributed by atoms with van der Waals surface area (Å²) >= 11 is 0. The Morgan fingerprint density at radius 2 is 2.19 bits per heavy atom. The smallest absolute Gasteiger partial charge is 0.176 e. The largest absolute Gasteiger partial charge is 0.493 e. The summed E-state index contributed by atoms with van der Waals surface area (Å²) in [6.07, 6.45) is 3.78. The predicted molar refractivity (Wildman–Crippen MR) is 85.7 cm³/mol. The van der Waals surface area contributed by atoms with Gasteiger partial charge in [0.15, 0.2) is 11.3 Å². The number of hydrogen-bond donors (Lipinski definition) is 1. The Balaban J connectivity index is 1.77. The van der Waals surface area contributed by atoms with Crippen LogP contribution in [-0.4, -0.2) is 13.2 Å². The fourth-order valence-electron chi connectivity index (χ4n) is 3.44. The Bertz CT molecular complexity index is 629. The number of methoxy groups -OCH3 is 1. The van der Waals surface area contributed by atoms with Crippen LogP contribution < -0.4 is 10.1 Å². The Morgan fingerprint density at radius 3 is 2.86 bits per heavy atom. The summed E-state index contributed by atoms with van der Waals surface area (Å²) < 4.78 is 11.4. The molecular formula is C18H25NO2. The third kappa shape index (κ3) is 2.93. The van der Waals surface area contributed by atoms with Crippen LogP contribution in [0.2, 0.25) is 0 Å². The molecule has 114 valence electrons. The second kappa shape index (κ2) is 5.38. The minimum absolute atomic E-state index is 0.223. The molecule has 0 amide bonds. The van der Waals surface area contributed by atoms with Crippen LogP contribution in [0.5, 0.6) is 5.75 Å². The summed E-state index contributed by atoms with van der Waals surface area (Å²) in [6, 6.07) is 8.93. The summed E-state index contributed by atoms with van der Waals surface area (Å²) in [4.78, 5) is 0. The molecule has 1 aromatic heterocycles. The van der Waals surface area contributed by atoms with E-state index in [1.165, 1.54) is 19.3 Å². The fraction of sp³-hybridized carbons (Fsp3) is 0.556. The van der Waals surface area contributed by atoms with Crippen LogP contribution in [0, 0.1) is 5.41 Å². The van der Waals surface area contributed by atoms with E-state index in [4.69, 9.17) is 9.15 Å². The van der Waals surface area contributed by atoms with Crippen LogP contribution in [-0.2, 0) is 0 Å². The quantitative estimate of drug-likeness (QED) is 0.887. The maximum absolute atomic E-state index is 6.03. The summed E-state index contributed by atoms with van der Waals surface area (Å²) in [5, 5.41) is 4.82. The van der Waals surface area contributed by atoms with Gasteiger partial charge in [0.05, 0.1) is 13.2 Å². The number of para-hydroxylation sites is 1. The Morgan fingerprint density at radius 1 is 1.38 bits per heavy atom. The molecule has 3 heteroatoms. The molecule has 1 aromatic carbocycles. The van der Waals surface area contributed by atoms with Crippen molar-refractivity contribution in [3.05, 3.63) is 30.0 Å². The molecule has 1 aliphatic rings. The first-order chi connectivity index (χ1) is 9.98. The zero-order chi connectivity index (χ0) is 15.0. The van der Waals surface area contributed by atoms with Gasteiger partial charge in [-0.15, -0.1) is 0 Å². The minimum Gasteiger partial charge on any atom is -0.493 e. The molecule has 1 aliphatic carbocycles. The fourth-order valence-corrected chi connectivity index (χ4v) is 3.44. The molecular weight excluding hydrogens is 262 g/mol. The number of benzene rings is 1. The van der Waals surface area contributed by atoms with Gasteiger partial charge in [-0.2, -0.15) is 0 Å². The monoisotopic (exact) mass is 287 g/mol. The molecule has 1 N–H and O–H groups in total. The third-order valence-corrected chi connectivity index (χ3v) is 4.63. The van der Waals surface area contributed by atoms with Crippen LogP contribution in [0.25, 0.3) is 11.0 Å². The topological polar surface area (TPSA) is 34.4 Å². The minimum atomic E-state index is 0.223. The summed E-state index contributed by atoms with van der Waals surface area (Å²) in [5.74, 6) is 1.78. The van der Waals surface area contributed by atoms with Crippen LogP contribution >= 0.6 is 0 Å².